The highest BCUT2D eigenvalue weighted by molar-refractivity contribution is 6.03. The summed E-state index contributed by atoms with van der Waals surface area (Å²) in [4.78, 5) is 24.1. The maximum Gasteiger partial charge on any atom is 0.233 e. The summed E-state index contributed by atoms with van der Waals surface area (Å²) in [5.74, 6) is 1.77. The average Bonchev–Trinajstić information content (AvgIpc) is 3.14. The number of ether oxygens (including phenoxy) is 4. The Kier molecular flexibility index (Phi) is 4.69. The first-order chi connectivity index (χ1) is 13.2. The van der Waals surface area contributed by atoms with Crippen molar-refractivity contribution in [2.24, 2.45) is 0 Å². The number of hydrogen-bond acceptors (Lipinski definition) is 6. The molecule has 8 heteroatoms. The van der Waals surface area contributed by atoms with E-state index in [0.717, 1.165) is 5.56 Å². The van der Waals surface area contributed by atoms with Crippen LogP contribution in [-0.4, -0.2) is 31.8 Å². The average molecular weight is 370 g/mol. The lowest BCUT2D eigenvalue weighted by Crippen LogP contribution is -2.27. The van der Waals surface area contributed by atoms with E-state index in [4.69, 9.17) is 18.9 Å². The Morgan fingerprint density at radius 1 is 0.815 bits per heavy atom. The van der Waals surface area contributed by atoms with Gasteiger partial charge in [-0.3, -0.25) is 9.59 Å². The minimum atomic E-state index is -0.408. The number of fused-ring (bicyclic) bond motifs is 2. The van der Waals surface area contributed by atoms with Crippen LogP contribution in [0.15, 0.2) is 36.4 Å². The monoisotopic (exact) mass is 370 g/mol. The predicted molar refractivity (Wildman–Crippen MR) is 95.1 cm³/mol. The summed E-state index contributed by atoms with van der Waals surface area (Å²) in [7, 11) is 0. The fourth-order valence-electron chi connectivity index (χ4n) is 2.79. The Hall–Kier alpha value is -3.42. The van der Waals surface area contributed by atoms with Crippen molar-refractivity contribution in [3.63, 3.8) is 0 Å². The van der Waals surface area contributed by atoms with Gasteiger partial charge in [-0.15, -0.1) is 0 Å². The molecule has 2 aromatic carbocycles. The minimum absolute atomic E-state index is 0.200. The van der Waals surface area contributed by atoms with Gasteiger partial charge >= 0.3 is 0 Å². The van der Waals surface area contributed by atoms with Crippen LogP contribution >= 0.6 is 0 Å². The van der Waals surface area contributed by atoms with Gasteiger partial charge < -0.3 is 29.6 Å². The topological polar surface area (TPSA) is 95.1 Å². The van der Waals surface area contributed by atoms with Crippen LogP contribution in [0.5, 0.6) is 23.0 Å². The van der Waals surface area contributed by atoms with Crippen molar-refractivity contribution < 1.29 is 28.5 Å². The van der Waals surface area contributed by atoms with Crippen LogP contribution in [0.25, 0.3) is 0 Å². The first-order valence-corrected chi connectivity index (χ1v) is 8.52. The van der Waals surface area contributed by atoms with Crippen LogP contribution in [0, 0.1) is 0 Å². The molecule has 2 heterocycles. The van der Waals surface area contributed by atoms with Crippen molar-refractivity contribution >= 4 is 17.5 Å². The van der Waals surface area contributed by atoms with Gasteiger partial charge in [-0.1, -0.05) is 6.07 Å². The molecule has 0 bridgehead atoms. The molecular weight excluding hydrogens is 352 g/mol. The molecule has 0 unspecified atom stereocenters. The molecule has 2 amide bonds. The number of carbonyl (C=O) groups is 2. The van der Waals surface area contributed by atoms with Crippen molar-refractivity contribution in [2.45, 2.75) is 13.0 Å². The Balaban J connectivity index is 1.27. The number of carbonyl (C=O) groups excluding carboxylic acids is 2. The molecule has 0 saturated heterocycles. The molecule has 2 aromatic rings. The van der Waals surface area contributed by atoms with E-state index in [1.165, 1.54) is 0 Å². The van der Waals surface area contributed by atoms with Crippen molar-refractivity contribution in [2.75, 3.05) is 25.3 Å². The molecule has 0 aromatic heterocycles. The normalized spacial score (nSPS) is 13.8. The Labute approximate surface area is 155 Å². The highest BCUT2D eigenvalue weighted by Gasteiger charge is 2.16. The first kappa shape index (κ1) is 17.0. The van der Waals surface area contributed by atoms with E-state index >= 15 is 0 Å². The van der Waals surface area contributed by atoms with Gasteiger partial charge in [0.1, 0.15) is 19.6 Å². The van der Waals surface area contributed by atoms with E-state index in [-0.39, 0.29) is 19.1 Å². The third-order valence-electron chi connectivity index (χ3n) is 4.07. The van der Waals surface area contributed by atoms with Crippen LogP contribution in [-0.2, 0) is 16.1 Å². The molecule has 2 aliphatic heterocycles. The van der Waals surface area contributed by atoms with Crippen LogP contribution in [0.4, 0.5) is 5.69 Å². The van der Waals surface area contributed by atoms with E-state index in [1.807, 2.05) is 6.07 Å². The zero-order chi connectivity index (χ0) is 18.6. The standard InChI is InChI=1S/C19H18N2O6/c22-18(20-10-12-1-3-15-16(7-12)27-11-26-15)9-19(23)21-13-2-4-14-17(8-13)25-6-5-24-14/h1-4,7-8H,5-6,9-11H2,(H,20,22)(H,21,23). The van der Waals surface area contributed by atoms with E-state index in [2.05, 4.69) is 10.6 Å². The van der Waals surface area contributed by atoms with Crippen LogP contribution < -0.4 is 29.6 Å². The lowest BCUT2D eigenvalue weighted by molar-refractivity contribution is -0.126. The molecule has 0 fully saturated rings. The summed E-state index contributed by atoms with van der Waals surface area (Å²) in [6.45, 7) is 1.47. The summed E-state index contributed by atoms with van der Waals surface area (Å²) in [6.07, 6.45) is -0.279. The number of benzene rings is 2. The molecule has 0 spiro atoms. The fraction of sp³-hybridized carbons (Fsp3) is 0.263. The van der Waals surface area contributed by atoms with Gasteiger partial charge in [0.25, 0.3) is 0 Å². The maximum absolute atomic E-state index is 12.1. The number of anilines is 1. The second kappa shape index (κ2) is 7.45. The van der Waals surface area contributed by atoms with Gasteiger partial charge in [0.2, 0.25) is 18.6 Å². The second-order valence-corrected chi connectivity index (χ2v) is 6.05. The third-order valence-corrected chi connectivity index (χ3v) is 4.07. The van der Waals surface area contributed by atoms with Gasteiger partial charge in [0.15, 0.2) is 23.0 Å². The Morgan fingerprint density at radius 2 is 1.52 bits per heavy atom. The number of amides is 2. The number of rotatable bonds is 5. The summed E-state index contributed by atoms with van der Waals surface area (Å²) in [5, 5.41) is 5.40. The lowest BCUT2D eigenvalue weighted by atomic mass is 10.2. The van der Waals surface area contributed by atoms with E-state index < -0.39 is 5.91 Å². The fourth-order valence-corrected chi connectivity index (χ4v) is 2.79. The summed E-state index contributed by atoms with van der Waals surface area (Å²) < 4.78 is 21.4. The summed E-state index contributed by atoms with van der Waals surface area (Å²) >= 11 is 0. The quantitative estimate of drug-likeness (QED) is 0.780. The third kappa shape index (κ3) is 4.05. The first-order valence-electron chi connectivity index (χ1n) is 8.52. The van der Waals surface area contributed by atoms with Crippen molar-refractivity contribution in [1.82, 2.24) is 5.32 Å². The minimum Gasteiger partial charge on any atom is -0.486 e. The molecule has 27 heavy (non-hydrogen) atoms. The summed E-state index contributed by atoms with van der Waals surface area (Å²) in [5.41, 5.74) is 1.41. The number of nitrogens with one attached hydrogen (secondary N) is 2. The molecule has 0 aliphatic carbocycles. The van der Waals surface area contributed by atoms with Crippen LogP contribution in [0.3, 0.4) is 0 Å². The van der Waals surface area contributed by atoms with Crippen molar-refractivity contribution in [3.8, 4) is 23.0 Å². The largest absolute Gasteiger partial charge is 0.486 e. The van der Waals surface area contributed by atoms with E-state index in [9.17, 15) is 9.59 Å². The van der Waals surface area contributed by atoms with Gasteiger partial charge in [-0.25, -0.2) is 0 Å². The van der Waals surface area contributed by atoms with Gasteiger partial charge in [-0.05, 0) is 29.8 Å². The van der Waals surface area contributed by atoms with Gasteiger partial charge in [0, 0.05) is 18.3 Å². The highest BCUT2D eigenvalue weighted by atomic mass is 16.7. The maximum atomic E-state index is 12.1. The molecule has 2 aliphatic rings. The van der Waals surface area contributed by atoms with Gasteiger partial charge in [-0.2, -0.15) is 0 Å². The Morgan fingerprint density at radius 3 is 2.41 bits per heavy atom. The predicted octanol–water partition coefficient (Wildman–Crippen LogP) is 1.83. The summed E-state index contributed by atoms with van der Waals surface area (Å²) in [6, 6.07) is 10.5. The molecule has 2 N–H and O–H groups in total. The lowest BCUT2D eigenvalue weighted by Gasteiger charge is -2.19. The molecule has 0 radical (unpaired) electrons. The molecule has 4 rings (SSSR count). The smallest absolute Gasteiger partial charge is 0.233 e. The van der Waals surface area contributed by atoms with Crippen molar-refractivity contribution in [3.05, 3.63) is 42.0 Å². The van der Waals surface area contributed by atoms with Crippen LogP contribution in [0.2, 0.25) is 0 Å². The Bertz CT molecular complexity index is 882. The van der Waals surface area contributed by atoms with Crippen molar-refractivity contribution in [1.29, 1.82) is 0 Å². The molecule has 0 atom stereocenters. The second-order valence-electron chi connectivity index (χ2n) is 6.05. The van der Waals surface area contributed by atoms with E-state index in [0.29, 0.717) is 48.4 Å². The molecule has 8 nitrogen and oxygen atoms in total. The van der Waals surface area contributed by atoms with E-state index in [1.54, 1.807) is 30.3 Å². The number of hydrogen-bond donors (Lipinski definition) is 2. The molecule has 140 valence electrons. The molecular formula is C19H18N2O6. The zero-order valence-electron chi connectivity index (χ0n) is 14.4. The van der Waals surface area contributed by atoms with Crippen LogP contribution in [0.1, 0.15) is 12.0 Å². The zero-order valence-corrected chi connectivity index (χ0v) is 14.4. The SMILES string of the molecule is O=C(CC(=O)Nc1ccc2c(c1)OCCO2)NCc1ccc2c(c1)OCO2. The van der Waals surface area contributed by atoms with Gasteiger partial charge in [0.05, 0.1) is 0 Å². The molecule has 0 saturated carbocycles. The highest BCUT2D eigenvalue weighted by Crippen LogP contribution is 2.33.